The first-order valence-electron chi connectivity index (χ1n) is 9.87. The lowest BCUT2D eigenvalue weighted by molar-refractivity contribution is -0.137. The van der Waals surface area contributed by atoms with Gasteiger partial charge in [0.1, 0.15) is 12.4 Å². The van der Waals surface area contributed by atoms with Crippen molar-refractivity contribution in [2.75, 3.05) is 6.26 Å². The maximum absolute atomic E-state index is 13.3. The smallest absolute Gasteiger partial charge is 0.417 e. The van der Waals surface area contributed by atoms with Crippen LogP contribution in [0.5, 0.6) is 5.75 Å². The third-order valence-electron chi connectivity index (χ3n) is 5.22. The molecule has 1 aliphatic rings. The molecule has 0 aliphatic carbocycles. The van der Waals surface area contributed by atoms with Crippen molar-refractivity contribution in [3.05, 3.63) is 88.7 Å². The molecule has 10 heteroatoms. The number of hydrogen-bond donors (Lipinski definition) is 0. The molecule has 0 unspecified atom stereocenters. The van der Waals surface area contributed by atoms with Gasteiger partial charge in [0.15, 0.2) is 9.84 Å². The van der Waals surface area contributed by atoms with E-state index in [-0.39, 0.29) is 35.9 Å². The molecule has 0 fully saturated rings. The molecule has 1 aliphatic heterocycles. The number of aromatic nitrogens is 1. The van der Waals surface area contributed by atoms with Gasteiger partial charge in [-0.25, -0.2) is 8.42 Å². The molecule has 1 amide bonds. The van der Waals surface area contributed by atoms with Gasteiger partial charge in [0.05, 0.1) is 28.3 Å². The van der Waals surface area contributed by atoms with Gasteiger partial charge in [-0.15, -0.1) is 0 Å². The van der Waals surface area contributed by atoms with Crippen LogP contribution >= 0.6 is 0 Å². The third-order valence-corrected chi connectivity index (χ3v) is 6.33. The Labute approximate surface area is 188 Å². The number of carbonyl (C=O) groups is 1. The van der Waals surface area contributed by atoms with Crippen molar-refractivity contribution in [3.63, 3.8) is 0 Å². The number of amides is 1. The Hall–Kier alpha value is -3.40. The minimum Gasteiger partial charge on any atom is -0.488 e. The standard InChI is InChI=1S/C23H19F3N2O4S/c1-33(30,31)18-7-8-21(32-14-15-5-3-2-4-6-15)19(10-18)22(29)28-12-16-9-17(23(24,25)26)11-27-20(16)13-28/h2-11H,12-14H2,1H3. The molecule has 2 aromatic carbocycles. The van der Waals surface area contributed by atoms with E-state index < -0.39 is 27.5 Å². The average Bonchev–Trinajstić information content (AvgIpc) is 3.20. The largest absolute Gasteiger partial charge is 0.488 e. The van der Waals surface area contributed by atoms with Crippen molar-refractivity contribution >= 4 is 15.7 Å². The van der Waals surface area contributed by atoms with Crippen LogP contribution in [0.4, 0.5) is 13.2 Å². The summed E-state index contributed by atoms with van der Waals surface area (Å²) in [5.41, 5.74) is 0.631. The molecule has 33 heavy (non-hydrogen) atoms. The second kappa shape index (κ2) is 8.51. The fourth-order valence-corrected chi connectivity index (χ4v) is 4.14. The van der Waals surface area contributed by atoms with E-state index in [0.717, 1.165) is 24.1 Å². The molecule has 3 aromatic rings. The normalized spacial score (nSPS) is 13.6. The first-order chi connectivity index (χ1) is 15.5. The Morgan fingerprint density at radius 1 is 1.09 bits per heavy atom. The number of alkyl halides is 3. The van der Waals surface area contributed by atoms with Gasteiger partial charge in [-0.2, -0.15) is 13.2 Å². The van der Waals surface area contributed by atoms with Crippen LogP contribution in [-0.4, -0.2) is 30.5 Å². The minimum absolute atomic E-state index is 0.00747. The maximum atomic E-state index is 13.3. The second-order valence-electron chi connectivity index (χ2n) is 7.69. The molecule has 1 aromatic heterocycles. The molecule has 0 saturated carbocycles. The Bertz CT molecular complexity index is 1310. The topological polar surface area (TPSA) is 76.6 Å². The van der Waals surface area contributed by atoms with Gasteiger partial charge >= 0.3 is 6.18 Å². The number of halogens is 3. The van der Waals surface area contributed by atoms with Crippen molar-refractivity contribution in [1.82, 2.24) is 9.88 Å². The monoisotopic (exact) mass is 476 g/mol. The molecule has 0 atom stereocenters. The molecule has 6 nitrogen and oxygen atoms in total. The first kappa shape index (κ1) is 22.8. The van der Waals surface area contributed by atoms with Crippen molar-refractivity contribution in [1.29, 1.82) is 0 Å². The van der Waals surface area contributed by atoms with Gasteiger partial charge in [-0.05, 0) is 35.4 Å². The summed E-state index contributed by atoms with van der Waals surface area (Å²) in [4.78, 5) is 18.4. The number of fused-ring (bicyclic) bond motifs is 1. The molecular formula is C23H19F3N2O4S. The third kappa shape index (κ3) is 5.00. The number of benzene rings is 2. The molecule has 0 saturated heterocycles. The number of hydrogen-bond acceptors (Lipinski definition) is 5. The van der Waals surface area contributed by atoms with Gasteiger partial charge < -0.3 is 9.64 Å². The van der Waals surface area contributed by atoms with E-state index >= 15 is 0 Å². The molecular weight excluding hydrogens is 457 g/mol. The number of ether oxygens (including phenoxy) is 1. The summed E-state index contributed by atoms with van der Waals surface area (Å²) in [6, 6.07) is 14.2. The molecule has 0 bridgehead atoms. The van der Waals surface area contributed by atoms with Gasteiger partial charge in [-0.1, -0.05) is 30.3 Å². The van der Waals surface area contributed by atoms with E-state index in [4.69, 9.17) is 4.74 Å². The summed E-state index contributed by atoms with van der Waals surface area (Å²) in [7, 11) is -3.61. The van der Waals surface area contributed by atoms with E-state index in [9.17, 15) is 26.4 Å². The van der Waals surface area contributed by atoms with Crippen molar-refractivity contribution < 1.29 is 31.1 Å². The highest BCUT2D eigenvalue weighted by Gasteiger charge is 2.34. The van der Waals surface area contributed by atoms with E-state index in [1.807, 2.05) is 30.3 Å². The van der Waals surface area contributed by atoms with Gasteiger partial charge in [-0.3, -0.25) is 9.78 Å². The highest BCUT2D eigenvalue weighted by Crippen LogP contribution is 2.33. The molecule has 2 heterocycles. The Balaban J connectivity index is 1.63. The Morgan fingerprint density at radius 3 is 2.48 bits per heavy atom. The lowest BCUT2D eigenvalue weighted by Crippen LogP contribution is -2.26. The van der Waals surface area contributed by atoms with E-state index in [0.29, 0.717) is 11.3 Å². The van der Waals surface area contributed by atoms with E-state index in [2.05, 4.69) is 4.98 Å². The fourth-order valence-electron chi connectivity index (χ4n) is 3.50. The zero-order valence-corrected chi connectivity index (χ0v) is 18.3. The predicted octanol–water partition coefficient (Wildman–Crippen LogP) is 4.24. The Morgan fingerprint density at radius 2 is 1.82 bits per heavy atom. The lowest BCUT2D eigenvalue weighted by Gasteiger charge is -2.18. The van der Waals surface area contributed by atoms with Crippen LogP contribution < -0.4 is 4.74 Å². The zero-order valence-electron chi connectivity index (χ0n) is 17.5. The van der Waals surface area contributed by atoms with Crippen LogP contribution in [0.15, 0.2) is 65.7 Å². The van der Waals surface area contributed by atoms with E-state index in [1.54, 1.807) is 0 Å². The summed E-state index contributed by atoms with van der Waals surface area (Å²) in [6.45, 7) is 0.0793. The van der Waals surface area contributed by atoms with Crippen molar-refractivity contribution in [3.8, 4) is 5.75 Å². The number of pyridine rings is 1. The van der Waals surface area contributed by atoms with Crippen LogP contribution in [0, 0.1) is 0 Å². The van der Waals surface area contributed by atoms with Crippen LogP contribution in [-0.2, 0) is 35.7 Å². The van der Waals surface area contributed by atoms with Crippen LogP contribution in [0.2, 0.25) is 0 Å². The van der Waals surface area contributed by atoms with Crippen LogP contribution in [0.25, 0.3) is 0 Å². The second-order valence-corrected chi connectivity index (χ2v) is 9.71. The summed E-state index contributed by atoms with van der Waals surface area (Å²) in [5, 5.41) is 0. The summed E-state index contributed by atoms with van der Waals surface area (Å²) < 4.78 is 69.0. The molecule has 4 rings (SSSR count). The van der Waals surface area contributed by atoms with Crippen LogP contribution in [0.3, 0.4) is 0 Å². The van der Waals surface area contributed by atoms with Gasteiger partial charge in [0, 0.05) is 19.0 Å². The summed E-state index contributed by atoms with van der Waals surface area (Å²) in [6.07, 6.45) is -2.78. The van der Waals surface area contributed by atoms with Gasteiger partial charge in [0.2, 0.25) is 0 Å². The lowest BCUT2D eigenvalue weighted by atomic mass is 10.1. The molecule has 0 N–H and O–H groups in total. The minimum atomic E-state index is -4.54. The molecule has 172 valence electrons. The molecule has 0 radical (unpaired) electrons. The fraction of sp³-hybridized carbons (Fsp3) is 0.217. The first-order valence-corrected chi connectivity index (χ1v) is 11.8. The molecule has 0 spiro atoms. The number of carbonyl (C=O) groups excluding carboxylic acids is 1. The number of sulfone groups is 1. The zero-order chi connectivity index (χ0) is 23.8. The SMILES string of the molecule is CS(=O)(=O)c1ccc(OCc2ccccc2)c(C(=O)N2Cc3cc(C(F)(F)F)cnc3C2)c1. The quantitative estimate of drug-likeness (QED) is 0.551. The average molecular weight is 476 g/mol. The number of rotatable bonds is 5. The van der Waals surface area contributed by atoms with Crippen LogP contribution in [0.1, 0.15) is 32.7 Å². The van der Waals surface area contributed by atoms with Crippen molar-refractivity contribution in [2.45, 2.75) is 30.8 Å². The van der Waals surface area contributed by atoms with Crippen molar-refractivity contribution in [2.24, 2.45) is 0 Å². The van der Waals surface area contributed by atoms with E-state index in [1.165, 1.54) is 23.1 Å². The van der Waals surface area contributed by atoms with Gasteiger partial charge in [0.25, 0.3) is 5.91 Å². The number of nitrogens with zero attached hydrogens (tertiary/aromatic N) is 2. The predicted molar refractivity (Wildman–Crippen MR) is 113 cm³/mol. The highest BCUT2D eigenvalue weighted by molar-refractivity contribution is 7.90. The highest BCUT2D eigenvalue weighted by atomic mass is 32.2. The summed E-state index contributed by atoms with van der Waals surface area (Å²) >= 11 is 0. The Kier molecular flexibility index (Phi) is 5.87. The maximum Gasteiger partial charge on any atom is 0.417 e. The summed E-state index contributed by atoms with van der Waals surface area (Å²) in [5.74, 6) is -0.383.